The molecule has 0 saturated carbocycles. The van der Waals surface area contributed by atoms with Crippen molar-refractivity contribution in [3.05, 3.63) is 249 Å². The first-order valence-corrected chi connectivity index (χ1v) is 21.2. The third-order valence-corrected chi connectivity index (χ3v) is 11.9. The fourth-order valence-corrected chi connectivity index (χ4v) is 8.83. The summed E-state index contributed by atoms with van der Waals surface area (Å²) in [5, 5.41) is 2.25. The van der Waals surface area contributed by atoms with Crippen LogP contribution >= 0.6 is 0 Å². The van der Waals surface area contributed by atoms with Gasteiger partial charge in [0.05, 0.1) is 5.69 Å². The van der Waals surface area contributed by atoms with Crippen molar-refractivity contribution in [2.24, 2.45) is 0 Å². The molecule has 0 aliphatic carbocycles. The van der Waals surface area contributed by atoms with Crippen LogP contribution in [0.15, 0.2) is 253 Å². The molecule has 0 amide bonds. The van der Waals surface area contributed by atoms with E-state index < -0.39 is 0 Å². The van der Waals surface area contributed by atoms with Gasteiger partial charge in [-0.1, -0.05) is 200 Å². The highest BCUT2D eigenvalue weighted by atomic mass is 16.3. The van der Waals surface area contributed by atoms with Gasteiger partial charge >= 0.3 is 0 Å². The zero-order chi connectivity index (χ0) is 41.2. The molecule has 2 heteroatoms. The Kier molecular flexibility index (Phi) is 9.57. The summed E-state index contributed by atoms with van der Waals surface area (Å²) >= 11 is 0. The smallest absolute Gasteiger partial charge is 0.143 e. The highest BCUT2D eigenvalue weighted by molar-refractivity contribution is 6.11. The van der Waals surface area contributed by atoms with Crippen molar-refractivity contribution in [1.29, 1.82) is 0 Å². The van der Waals surface area contributed by atoms with Gasteiger partial charge in [-0.05, 0) is 104 Å². The van der Waals surface area contributed by atoms with Gasteiger partial charge in [-0.25, -0.2) is 0 Å². The lowest BCUT2D eigenvalue weighted by molar-refractivity contribution is 0.670. The number of anilines is 3. The third kappa shape index (κ3) is 6.94. The lowest BCUT2D eigenvalue weighted by Crippen LogP contribution is -2.11. The van der Waals surface area contributed by atoms with E-state index in [1.165, 1.54) is 27.8 Å². The van der Waals surface area contributed by atoms with Gasteiger partial charge in [-0.3, -0.25) is 0 Å². The number of nitrogens with zero attached hydrogens (tertiary/aromatic N) is 1. The molecular formula is C60H41NO. The Morgan fingerprint density at radius 3 is 1.31 bits per heavy atom. The first-order valence-electron chi connectivity index (χ1n) is 21.2. The predicted octanol–water partition coefficient (Wildman–Crippen LogP) is 17.1. The molecule has 0 spiro atoms. The molecule has 10 aromatic carbocycles. The van der Waals surface area contributed by atoms with Crippen molar-refractivity contribution in [1.82, 2.24) is 0 Å². The number of fused-ring (bicyclic) bond motifs is 3. The molecule has 0 aliphatic heterocycles. The standard InChI is InChI=1S/C60H41NO/c1-5-16-42(17-6-1)44-28-34-50(35-29-44)61(58-39-33-49(43-18-7-2-8-19-43)40-56(58)47-22-11-4-12-23-47)51-36-30-45(31-37-51)48-32-38-52(46-20-9-3-10-21-46)57(41-48)55-26-15-25-54-53-24-13-14-27-59(53)62-60(54)55/h1-41H. The van der Waals surface area contributed by atoms with Gasteiger partial charge < -0.3 is 9.32 Å². The van der Waals surface area contributed by atoms with E-state index in [2.05, 4.69) is 248 Å². The fraction of sp³-hybridized carbons (Fsp3) is 0. The molecule has 0 N–H and O–H groups in total. The topological polar surface area (TPSA) is 16.4 Å². The van der Waals surface area contributed by atoms with Gasteiger partial charge in [-0.15, -0.1) is 0 Å². The van der Waals surface area contributed by atoms with E-state index in [0.717, 1.165) is 77.9 Å². The normalized spacial score (nSPS) is 11.2. The van der Waals surface area contributed by atoms with E-state index in [1.54, 1.807) is 0 Å². The minimum absolute atomic E-state index is 0.896. The van der Waals surface area contributed by atoms with Crippen LogP contribution < -0.4 is 4.90 Å². The first-order chi connectivity index (χ1) is 30.7. The van der Waals surface area contributed by atoms with E-state index in [-0.39, 0.29) is 0 Å². The second kappa shape index (κ2) is 16.1. The second-order valence-corrected chi connectivity index (χ2v) is 15.7. The second-order valence-electron chi connectivity index (χ2n) is 15.7. The van der Waals surface area contributed by atoms with E-state index in [0.29, 0.717) is 0 Å². The average Bonchev–Trinajstić information content (AvgIpc) is 3.75. The third-order valence-electron chi connectivity index (χ3n) is 11.9. The van der Waals surface area contributed by atoms with E-state index >= 15 is 0 Å². The van der Waals surface area contributed by atoms with E-state index in [1.807, 2.05) is 6.07 Å². The van der Waals surface area contributed by atoms with Crippen LogP contribution in [0.5, 0.6) is 0 Å². The summed E-state index contributed by atoms with van der Waals surface area (Å²) < 4.78 is 6.60. The zero-order valence-corrected chi connectivity index (χ0v) is 34.0. The summed E-state index contributed by atoms with van der Waals surface area (Å²) in [6.07, 6.45) is 0. The van der Waals surface area contributed by atoms with Crippen LogP contribution in [0.1, 0.15) is 0 Å². The zero-order valence-electron chi connectivity index (χ0n) is 34.0. The molecule has 1 heterocycles. The van der Waals surface area contributed by atoms with E-state index in [9.17, 15) is 0 Å². The molecule has 0 saturated heterocycles. The molecule has 0 atom stereocenters. The predicted molar refractivity (Wildman–Crippen MR) is 261 cm³/mol. The minimum Gasteiger partial charge on any atom is -0.455 e. The quantitative estimate of drug-likeness (QED) is 0.145. The van der Waals surface area contributed by atoms with Crippen LogP contribution in [0.3, 0.4) is 0 Å². The number of furan rings is 1. The molecular weight excluding hydrogens is 751 g/mol. The Bertz CT molecular complexity index is 3300. The fourth-order valence-electron chi connectivity index (χ4n) is 8.83. The van der Waals surface area contributed by atoms with Crippen molar-refractivity contribution < 1.29 is 4.42 Å². The molecule has 1 aromatic heterocycles. The molecule has 62 heavy (non-hydrogen) atoms. The van der Waals surface area contributed by atoms with Crippen molar-refractivity contribution in [2.75, 3.05) is 4.90 Å². The summed E-state index contributed by atoms with van der Waals surface area (Å²) in [6.45, 7) is 0. The number of rotatable bonds is 9. The Hall–Kier alpha value is -8.20. The van der Waals surface area contributed by atoms with Crippen LogP contribution in [-0.4, -0.2) is 0 Å². The van der Waals surface area contributed by atoms with Crippen molar-refractivity contribution in [2.45, 2.75) is 0 Å². The lowest BCUT2D eigenvalue weighted by atomic mass is 9.90. The van der Waals surface area contributed by atoms with Gasteiger partial charge in [0.15, 0.2) is 0 Å². The summed E-state index contributed by atoms with van der Waals surface area (Å²) in [5.41, 5.74) is 18.9. The maximum absolute atomic E-state index is 6.60. The largest absolute Gasteiger partial charge is 0.455 e. The molecule has 11 aromatic rings. The summed E-state index contributed by atoms with van der Waals surface area (Å²) in [5.74, 6) is 0. The SMILES string of the molecule is c1ccc(-c2ccc(N(c3ccc(-c4ccc(-c5ccccc5)c(-c5cccc6c5oc5ccccc56)c4)cc3)c3ccc(-c4ccccc4)cc3-c3ccccc3)cc2)cc1. The lowest BCUT2D eigenvalue weighted by Gasteiger charge is -2.29. The maximum Gasteiger partial charge on any atom is 0.143 e. The molecule has 0 fully saturated rings. The minimum atomic E-state index is 0.896. The van der Waals surface area contributed by atoms with Gasteiger partial charge in [0.2, 0.25) is 0 Å². The Labute approximate surface area is 362 Å². The van der Waals surface area contributed by atoms with Gasteiger partial charge in [0.1, 0.15) is 11.2 Å². The summed E-state index contributed by atoms with van der Waals surface area (Å²) in [6, 6.07) is 89.0. The summed E-state index contributed by atoms with van der Waals surface area (Å²) in [7, 11) is 0. The van der Waals surface area contributed by atoms with Gasteiger partial charge in [0.25, 0.3) is 0 Å². The van der Waals surface area contributed by atoms with Crippen LogP contribution in [0.25, 0.3) is 88.7 Å². The molecule has 292 valence electrons. The molecule has 0 radical (unpaired) electrons. The highest BCUT2D eigenvalue weighted by Gasteiger charge is 2.20. The Balaban J connectivity index is 1.05. The Morgan fingerprint density at radius 2 is 0.694 bits per heavy atom. The molecule has 0 bridgehead atoms. The van der Waals surface area contributed by atoms with Crippen LogP contribution in [0.4, 0.5) is 17.1 Å². The van der Waals surface area contributed by atoms with Crippen molar-refractivity contribution >= 4 is 39.0 Å². The van der Waals surface area contributed by atoms with Crippen molar-refractivity contribution in [3.63, 3.8) is 0 Å². The number of benzene rings is 10. The highest BCUT2D eigenvalue weighted by Crippen LogP contribution is 2.45. The van der Waals surface area contributed by atoms with Crippen LogP contribution in [0.2, 0.25) is 0 Å². The van der Waals surface area contributed by atoms with Crippen LogP contribution in [-0.2, 0) is 0 Å². The van der Waals surface area contributed by atoms with E-state index in [4.69, 9.17) is 4.42 Å². The van der Waals surface area contributed by atoms with Crippen molar-refractivity contribution in [3.8, 4) is 66.8 Å². The molecule has 0 aliphatic rings. The molecule has 2 nitrogen and oxygen atoms in total. The average molecular weight is 792 g/mol. The number of hydrogen-bond acceptors (Lipinski definition) is 2. The van der Waals surface area contributed by atoms with Crippen LogP contribution in [0, 0.1) is 0 Å². The maximum atomic E-state index is 6.60. The monoisotopic (exact) mass is 791 g/mol. The Morgan fingerprint density at radius 1 is 0.258 bits per heavy atom. The van der Waals surface area contributed by atoms with Gasteiger partial charge in [-0.2, -0.15) is 0 Å². The summed E-state index contributed by atoms with van der Waals surface area (Å²) in [4.78, 5) is 2.39. The molecule has 11 rings (SSSR count). The van der Waals surface area contributed by atoms with Gasteiger partial charge in [0, 0.05) is 33.3 Å². The number of hydrogen-bond donors (Lipinski definition) is 0. The first kappa shape index (κ1) is 36.8. The number of para-hydroxylation sites is 2. The molecule has 0 unspecified atom stereocenters.